The molecule has 2 rings (SSSR count). The van der Waals surface area contributed by atoms with Crippen LogP contribution in [-0.4, -0.2) is 48.3 Å². The van der Waals surface area contributed by atoms with Gasteiger partial charge in [-0.2, -0.15) is 0 Å². The third kappa shape index (κ3) is 3.91. The molecule has 1 aromatic carbocycles. The maximum atomic E-state index is 13.3. The third-order valence-corrected chi connectivity index (χ3v) is 3.30. The number of nitrogens with one attached hydrogen (secondary N) is 1. The van der Waals surface area contributed by atoms with Crippen LogP contribution >= 0.6 is 0 Å². The number of carboxylic acid groups (broad SMARTS) is 1. The van der Waals surface area contributed by atoms with Crippen molar-refractivity contribution in [2.75, 3.05) is 25.5 Å². The van der Waals surface area contributed by atoms with Gasteiger partial charge in [-0.15, -0.1) is 0 Å². The van der Waals surface area contributed by atoms with Crippen molar-refractivity contribution in [3.05, 3.63) is 29.6 Å². The van der Waals surface area contributed by atoms with Crippen molar-refractivity contribution >= 4 is 17.7 Å². The number of hydrogen-bond donors (Lipinski definition) is 2. The van der Waals surface area contributed by atoms with Gasteiger partial charge in [-0.05, 0) is 31.0 Å². The normalized spacial score (nSPS) is 17.5. The SMILES string of the molecule is CN(CC1CCCO1)C(=O)Nc1ccc(F)c(C(=O)O)c1. The number of nitrogens with zero attached hydrogens (tertiary/aromatic N) is 1. The number of carboxylic acids is 1. The van der Waals surface area contributed by atoms with E-state index in [1.54, 1.807) is 7.05 Å². The van der Waals surface area contributed by atoms with E-state index in [4.69, 9.17) is 9.84 Å². The number of urea groups is 1. The van der Waals surface area contributed by atoms with Gasteiger partial charge >= 0.3 is 12.0 Å². The minimum Gasteiger partial charge on any atom is -0.478 e. The summed E-state index contributed by atoms with van der Waals surface area (Å²) in [4.78, 5) is 24.3. The van der Waals surface area contributed by atoms with Crippen LogP contribution in [0.3, 0.4) is 0 Å². The second-order valence-electron chi connectivity index (χ2n) is 4.95. The molecule has 1 saturated heterocycles. The monoisotopic (exact) mass is 296 g/mol. The van der Waals surface area contributed by atoms with E-state index in [1.165, 1.54) is 11.0 Å². The summed E-state index contributed by atoms with van der Waals surface area (Å²) < 4.78 is 18.7. The van der Waals surface area contributed by atoms with Crippen LogP contribution in [-0.2, 0) is 4.74 Å². The molecule has 1 heterocycles. The van der Waals surface area contributed by atoms with Gasteiger partial charge in [0.1, 0.15) is 5.82 Å². The number of amides is 2. The summed E-state index contributed by atoms with van der Waals surface area (Å²) in [6.07, 6.45) is 1.93. The third-order valence-electron chi connectivity index (χ3n) is 3.30. The first-order valence-corrected chi connectivity index (χ1v) is 6.64. The standard InChI is InChI=1S/C14H17FN2O4/c1-17(8-10-3-2-6-21-10)14(20)16-9-4-5-12(15)11(7-9)13(18)19/h4-5,7,10H,2-3,6,8H2,1H3,(H,16,20)(H,18,19). The number of aromatic carboxylic acids is 1. The molecule has 0 aliphatic carbocycles. The highest BCUT2D eigenvalue weighted by Crippen LogP contribution is 2.16. The molecule has 1 atom stereocenters. The quantitative estimate of drug-likeness (QED) is 0.892. The maximum Gasteiger partial charge on any atom is 0.338 e. The lowest BCUT2D eigenvalue weighted by molar-refractivity contribution is 0.0692. The molecule has 1 fully saturated rings. The van der Waals surface area contributed by atoms with Crippen LogP contribution < -0.4 is 5.32 Å². The van der Waals surface area contributed by atoms with Gasteiger partial charge in [0.05, 0.1) is 11.7 Å². The van der Waals surface area contributed by atoms with E-state index < -0.39 is 23.4 Å². The predicted octanol–water partition coefficient (Wildman–Crippen LogP) is 2.17. The van der Waals surface area contributed by atoms with Crippen molar-refractivity contribution in [1.29, 1.82) is 0 Å². The Kier molecular flexibility index (Phi) is 4.74. The zero-order valence-corrected chi connectivity index (χ0v) is 11.6. The van der Waals surface area contributed by atoms with Gasteiger partial charge in [0.15, 0.2) is 0 Å². The van der Waals surface area contributed by atoms with E-state index in [2.05, 4.69) is 5.32 Å². The first-order valence-electron chi connectivity index (χ1n) is 6.64. The number of halogens is 1. The number of rotatable bonds is 4. The Morgan fingerprint density at radius 3 is 2.90 bits per heavy atom. The van der Waals surface area contributed by atoms with E-state index in [-0.39, 0.29) is 11.8 Å². The van der Waals surface area contributed by atoms with Crippen molar-refractivity contribution in [2.45, 2.75) is 18.9 Å². The van der Waals surface area contributed by atoms with Gasteiger partial charge < -0.3 is 20.1 Å². The Labute approximate surface area is 121 Å². The average molecular weight is 296 g/mol. The van der Waals surface area contributed by atoms with Crippen LogP contribution in [0.2, 0.25) is 0 Å². The largest absolute Gasteiger partial charge is 0.478 e. The van der Waals surface area contributed by atoms with Crippen molar-refractivity contribution < 1.29 is 23.8 Å². The molecule has 0 spiro atoms. The number of anilines is 1. The molecule has 114 valence electrons. The van der Waals surface area contributed by atoms with Crippen LogP contribution in [0.4, 0.5) is 14.9 Å². The zero-order valence-electron chi connectivity index (χ0n) is 11.6. The molecule has 1 unspecified atom stereocenters. The second kappa shape index (κ2) is 6.53. The molecular formula is C14H17FN2O4. The number of benzene rings is 1. The Hall–Kier alpha value is -2.15. The number of carbonyl (C=O) groups excluding carboxylic acids is 1. The molecule has 0 bridgehead atoms. The Morgan fingerprint density at radius 2 is 2.29 bits per heavy atom. The van der Waals surface area contributed by atoms with Crippen LogP contribution in [0.15, 0.2) is 18.2 Å². The Morgan fingerprint density at radius 1 is 1.52 bits per heavy atom. The van der Waals surface area contributed by atoms with Crippen molar-refractivity contribution in [3.63, 3.8) is 0 Å². The summed E-state index contributed by atoms with van der Waals surface area (Å²) in [5.74, 6) is -2.22. The van der Waals surface area contributed by atoms with Gasteiger partial charge in [0, 0.05) is 25.9 Å². The number of likely N-dealkylation sites (N-methyl/N-ethyl adjacent to an activating group) is 1. The molecule has 21 heavy (non-hydrogen) atoms. The lowest BCUT2D eigenvalue weighted by Gasteiger charge is -2.21. The molecule has 0 saturated carbocycles. The molecular weight excluding hydrogens is 279 g/mol. The van der Waals surface area contributed by atoms with E-state index in [0.717, 1.165) is 25.0 Å². The molecule has 2 N–H and O–H groups in total. The van der Waals surface area contributed by atoms with E-state index in [1.807, 2.05) is 0 Å². The molecule has 1 aliphatic rings. The Bertz CT molecular complexity index is 544. The summed E-state index contributed by atoms with van der Waals surface area (Å²) in [5.41, 5.74) is -0.243. The molecule has 0 radical (unpaired) electrons. The lowest BCUT2D eigenvalue weighted by Crippen LogP contribution is -2.37. The average Bonchev–Trinajstić information content (AvgIpc) is 2.93. The summed E-state index contributed by atoms with van der Waals surface area (Å²) in [6.45, 7) is 1.17. The van der Waals surface area contributed by atoms with Crippen LogP contribution in [0.5, 0.6) is 0 Å². The molecule has 0 aromatic heterocycles. The molecule has 6 nitrogen and oxygen atoms in total. The van der Waals surface area contributed by atoms with E-state index in [9.17, 15) is 14.0 Å². The second-order valence-corrected chi connectivity index (χ2v) is 4.95. The molecule has 2 amide bonds. The van der Waals surface area contributed by atoms with Gasteiger partial charge in [-0.1, -0.05) is 0 Å². The van der Waals surface area contributed by atoms with Crippen LogP contribution in [0, 0.1) is 5.82 Å². The van der Waals surface area contributed by atoms with Crippen molar-refractivity contribution in [2.24, 2.45) is 0 Å². The summed E-state index contributed by atoms with van der Waals surface area (Å²) in [7, 11) is 1.62. The van der Waals surface area contributed by atoms with Gasteiger partial charge in [-0.3, -0.25) is 0 Å². The van der Waals surface area contributed by atoms with E-state index >= 15 is 0 Å². The molecule has 7 heteroatoms. The number of ether oxygens (including phenoxy) is 1. The topological polar surface area (TPSA) is 78.9 Å². The Balaban J connectivity index is 1.98. The van der Waals surface area contributed by atoms with Crippen LogP contribution in [0.25, 0.3) is 0 Å². The smallest absolute Gasteiger partial charge is 0.338 e. The predicted molar refractivity (Wildman–Crippen MR) is 74.0 cm³/mol. The van der Waals surface area contributed by atoms with E-state index in [0.29, 0.717) is 13.2 Å². The van der Waals surface area contributed by atoms with Gasteiger partial charge in [0.2, 0.25) is 0 Å². The van der Waals surface area contributed by atoms with Crippen LogP contribution in [0.1, 0.15) is 23.2 Å². The number of carbonyl (C=O) groups is 2. The maximum absolute atomic E-state index is 13.3. The molecule has 1 aromatic rings. The molecule has 1 aliphatic heterocycles. The fourth-order valence-corrected chi connectivity index (χ4v) is 2.16. The fraction of sp³-hybridized carbons (Fsp3) is 0.429. The zero-order chi connectivity index (χ0) is 15.4. The van der Waals surface area contributed by atoms with Crippen molar-refractivity contribution in [3.8, 4) is 0 Å². The minimum atomic E-state index is -1.38. The highest BCUT2D eigenvalue weighted by molar-refractivity contribution is 5.93. The summed E-state index contributed by atoms with van der Waals surface area (Å²) in [5, 5.41) is 11.4. The minimum absolute atomic E-state index is 0.0311. The first-order chi connectivity index (χ1) is 9.97. The number of hydrogen-bond acceptors (Lipinski definition) is 3. The highest BCUT2D eigenvalue weighted by atomic mass is 19.1. The summed E-state index contributed by atoms with van der Waals surface area (Å²) in [6, 6.07) is 3.03. The first kappa shape index (κ1) is 15.2. The van der Waals surface area contributed by atoms with Gasteiger partial charge in [-0.25, -0.2) is 14.0 Å². The summed E-state index contributed by atoms with van der Waals surface area (Å²) >= 11 is 0. The van der Waals surface area contributed by atoms with Crippen molar-refractivity contribution in [1.82, 2.24) is 4.90 Å². The fourth-order valence-electron chi connectivity index (χ4n) is 2.16. The van der Waals surface area contributed by atoms with Gasteiger partial charge in [0.25, 0.3) is 0 Å². The lowest BCUT2D eigenvalue weighted by atomic mass is 10.2. The highest BCUT2D eigenvalue weighted by Gasteiger charge is 2.20.